The number of esters is 1. The van der Waals surface area contributed by atoms with Crippen molar-refractivity contribution in [2.75, 3.05) is 19.7 Å². The fraction of sp³-hybridized carbons (Fsp3) is 0.385. The predicted molar refractivity (Wildman–Crippen MR) is 64.3 cm³/mol. The van der Waals surface area contributed by atoms with Crippen molar-refractivity contribution in [2.24, 2.45) is 0 Å². The zero-order chi connectivity index (χ0) is 12.5. The first-order chi connectivity index (χ1) is 8.27. The lowest BCUT2D eigenvalue weighted by atomic mass is 10.0. The third-order valence-electron chi connectivity index (χ3n) is 2.28. The van der Waals surface area contributed by atoms with Crippen LogP contribution >= 0.6 is 0 Å². The van der Waals surface area contributed by atoms with E-state index in [-0.39, 0.29) is 18.4 Å². The van der Waals surface area contributed by atoms with Crippen LogP contribution in [0.1, 0.15) is 18.4 Å². The van der Waals surface area contributed by atoms with Crippen molar-refractivity contribution < 1.29 is 9.53 Å². The van der Waals surface area contributed by atoms with Gasteiger partial charge in [0.15, 0.2) is 0 Å². The summed E-state index contributed by atoms with van der Waals surface area (Å²) in [4.78, 5) is 11.1. The standard InChI is InChI=1S/C13H16N2O2/c1-2-17-13(16)10-15-9-12(8-14)11-6-4-3-5-7-11/h3-7,12,15H,2,9-10H2,1H3. The van der Waals surface area contributed by atoms with E-state index in [1.807, 2.05) is 30.3 Å². The smallest absolute Gasteiger partial charge is 0.319 e. The maximum absolute atomic E-state index is 11.1. The predicted octanol–water partition coefficient (Wildman–Crippen LogP) is 1.45. The van der Waals surface area contributed by atoms with Crippen molar-refractivity contribution in [3.05, 3.63) is 35.9 Å². The van der Waals surface area contributed by atoms with Gasteiger partial charge in [0.25, 0.3) is 0 Å². The molecule has 0 aliphatic carbocycles. The molecule has 0 bridgehead atoms. The van der Waals surface area contributed by atoms with Gasteiger partial charge in [-0.05, 0) is 12.5 Å². The van der Waals surface area contributed by atoms with Gasteiger partial charge in [0.1, 0.15) is 0 Å². The fourth-order valence-corrected chi connectivity index (χ4v) is 1.45. The molecule has 1 N–H and O–H groups in total. The first-order valence-corrected chi connectivity index (χ1v) is 5.58. The zero-order valence-electron chi connectivity index (χ0n) is 9.85. The van der Waals surface area contributed by atoms with E-state index in [4.69, 9.17) is 10.00 Å². The van der Waals surface area contributed by atoms with Gasteiger partial charge in [0.05, 0.1) is 25.1 Å². The van der Waals surface area contributed by atoms with E-state index in [2.05, 4.69) is 11.4 Å². The molecule has 4 nitrogen and oxygen atoms in total. The lowest BCUT2D eigenvalue weighted by molar-refractivity contribution is -0.141. The number of carbonyl (C=O) groups is 1. The summed E-state index contributed by atoms with van der Waals surface area (Å²) in [5.41, 5.74) is 0.950. The Morgan fingerprint density at radius 2 is 2.18 bits per heavy atom. The summed E-state index contributed by atoms with van der Waals surface area (Å²) < 4.78 is 4.78. The summed E-state index contributed by atoms with van der Waals surface area (Å²) in [6, 6.07) is 11.7. The fourth-order valence-electron chi connectivity index (χ4n) is 1.45. The summed E-state index contributed by atoms with van der Waals surface area (Å²) in [6.07, 6.45) is 0. The highest BCUT2D eigenvalue weighted by Gasteiger charge is 2.10. The van der Waals surface area contributed by atoms with Crippen molar-refractivity contribution in [1.82, 2.24) is 5.32 Å². The average molecular weight is 232 g/mol. The third-order valence-corrected chi connectivity index (χ3v) is 2.28. The van der Waals surface area contributed by atoms with Gasteiger partial charge in [-0.1, -0.05) is 30.3 Å². The normalized spacial score (nSPS) is 11.5. The minimum atomic E-state index is -0.294. The van der Waals surface area contributed by atoms with E-state index >= 15 is 0 Å². The average Bonchev–Trinajstić information content (AvgIpc) is 2.36. The molecule has 0 aromatic heterocycles. The highest BCUT2D eigenvalue weighted by Crippen LogP contribution is 2.12. The molecule has 4 heteroatoms. The Morgan fingerprint density at radius 3 is 2.76 bits per heavy atom. The minimum absolute atomic E-state index is 0.138. The molecule has 1 aromatic carbocycles. The zero-order valence-corrected chi connectivity index (χ0v) is 9.85. The van der Waals surface area contributed by atoms with Crippen LogP contribution in [0.25, 0.3) is 0 Å². The van der Waals surface area contributed by atoms with E-state index < -0.39 is 0 Å². The SMILES string of the molecule is CCOC(=O)CNCC(C#N)c1ccccc1. The van der Waals surface area contributed by atoms with Crippen LogP contribution in [0.15, 0.2) is 30.3 Å². The second-order valence-electron chi connectivity index (χ2n) is 3.53. The number of carbonyl (C=O) groups excluding carboxylic acids is 1. The van der Waals surface area contributed by atoms with E-state index in [0.717, 1.165) is 5.56 Å². The van der Waals surface area contributed by atoms with Gasteiger partial charge in [-0.2, -0.15) is 5.26 Å². The lowest BCUT2D eigenvalue weighted by Gasteiger charge is -2.10. The summed E-state index contributed by atoms with van der Waals surface area (Å²) in [5, 5.41) is 12.0. The Hall–Kier alpha value is -1.86. The molecule has 0 amide bonds. The molecule has 0 saturated heterocycles. The van der Waals surface area contributed by atoms with Crippen LogP contribution in [-0.4, -0.2) is 25.7 Å². The molecule has 0 aliphatic rings. The lowest BCUT2D eigenvalue weighted by Crippen LogP contribution is -2.28. The monoisotopic (exact) mass is 232 g/mol. The number of ether oxygens (including phenoxy) is 1. The maximum atomic E-state index is 11.1. The molecule has 0 saturated carbocycles. The number of rotatable bonds is 6. The van der Waals surface area contributed by atoms with Crippen LogP contribution in [0, 0.1) is 11.3 Å². The van der Waals surface area contributed by atoms with Crippen molar-refractivity contribution in [2.45, 2.75) is 12.8 Å². The van der Waals surface area contributed by atoms with Crippen LogP contribution in [0.4, 0.5) is 0 Å². The van der Waals surface area contributed by atoms with Gasteiger partial charge in [0.2, 0.25) is 0 Å². The molecule has 0 aliphatic heterocycles. The highest BCUT2D eigenvalue weighted by molar-refractivity contribution is 5.71. The molecule has 1 unspecified atom stereocenters. The van der Waals surface area contributed by atoms with Crippen LogP contribution in [0.5, 0.6) is 0 Å². The van der Waals surface area contributed by atoms with E-state index in [1.54, 1.807) is 6.92 Å². The maximum Gasteiger partial charge on any atom is 0.319 e. The van der Waals surface area contributed by atoms with E-state index in [0.29, 0.717) is 13.2 Å². The number of nitriles is 1. The molecule has 1 atom stereocenters. The van der Waals surface area contributed by atoms with Crippen LogP contribution in [-0.2, 0) is 9.53 Å². The summed E-state index contributed by atoms with van der Waals surface area (Å²) in [7, 11) is 0. The molecule has 90 valence electrons. The van der Waals surface area contributed by atoms with Gasteiger partial charge in [0, 0.05) is 6.54 Å². The van der Waals surface area contributed by atoms with Crippen molar-refractivity contribution in [1.29, 1.82) is 5.26 Å². The largest absolute Gasteiger partial charge is 0.465 e. The molecular formula is C13H16N2O2. The molecule has 0 spiro atoms. The number of benzene rings is 1. The van der Waals surface area contributed by atoms with Gasteiger partial charge >= 0.3 is 5.97 Å². The molecule has 0 heterocycles. The Kier molecular flexibility index (Phi) is 5.76. The molecule has 1 aromatic rings. The molecule has 0 fully saturated rings. The quantitative estimate of drug-likeness (QED) is 0.754. The molecule has 17 heavy (non-hydrogen) atoms. The third kappa shape index (κ3) is 4.66. The second-order valence-corrected chi connectivity index (χ2v) is 3.53. The first kappa shape index (κ1) is 13.2. The Morgan fingerprint density at radius 1 is 1.47 bits per heavy atom. The number of hydrogen-bond donors (Lipinski definition) is 1. The van der Waals surface area contributed by atoms with Crippen LogP contribution in [0.3, 0.4) is 0 Å². The molecule has 0 radical (unpaired) electrons. The van der Waals surface area contributed by atoms with Crippen LogP contribution in [0.2, 0.25) is 0 Å². The Labute approximate surface area is 101 Å². The van der Waals surface area contributed by atoms with Crippen molar-refractivity contribution in [3.8, 4) is 6.07 Å². The van der Waals surface area contributed by atoms with Gasteiger partial charge in [-0.3, -0.25) is 4.79 Å². The van der Waals surface area contributed by atoms with Crippen molar-refractivity contribution in [3.63, 3.8) is 0 Å². The second kappa shape index (κ2) is 7.42. The number of nitrogens with zero attached hydrogens (tertiary/aromatic N) is 1. The summed E-state index contributed by atoms with van der Waals surface area (Å²) in [5.74, 6) is -0.539. The Bertz CT molecular complexity index is 384. The van der Waals surface area contributed by atoms with Gasteiger partial charge in [-0.15, -0.1) is 0 Å². The van der Waals surface area contributed by atoms with Crippen LogP contribution < -0.4 is 5.32 Å². The number of hydrogen-bond acceptors (Lipinski definition) is 4. The summed E-state index contributed by atoms with van der Waals surface area (Å²) >= 11 is 0. The highest BCUT2D eigenvalue weighted by atomic mass is 16.5. The first-order valence-electron chi connectivity index (χ1n) is 5.58. The minimum Gasteiger partial charge on any atom is -0.465 e. The number of nitrogens with one attached hydrogen (secondary N) is 1. The van der Waals surface area contributed by atoms with Crippen molar-refractivity contribution >= 4 is 5.97 Å². The van der Waals surface area contributed by atoms with Gasteiger partial charge < -0.3 is 10.1 Å². The van der Waals surface area contributed by atoms with Gasteiger partial charge in [-0.25, -0.2) is 0 Å². The topological polar surface area (TPSA) is 62.1 Å². The molecular weight excluding hydrogens is 216 g/mol. The summed E-state index contributed by atoms with van der Waals surface area (Å²) in [6.45, 7) is 2.72. The van der Waals surface area contributed by atoms with E-state index in [9.17, 15) is 4.79 Å². The van der Waals surface area contributed by atoms with E-state index in [1.165, 1.54) is 0 Å². The molecule has 1 rings (SSSR count). The Balaban J connectivity index is 2.39.